The monoisotopic (exact) mass is 288 g/mol. The van der Waals surface area contributed by atoms with Crippen LogP contribution in [0.1, 0.15) is 12.0 Å². The Balaban J connectivity index is 2.30. The fourth-order valence-corrected chi connectivity index (χ4v) is 1.87. The summed E-state index contributed by atoms with van der Waals surface area (Å²) in [4.78, 5) is 35.9. The third-order valence-corrected chi connectivity index (χ3v) is 2.98. The Hall–Kier alpha value is -2.63. The lowest BCUT2D eigenvalue weighted by Crippen LogP contribution is -2.23. The minimum Gasteiger partial charge on any atom is -0.410 e. The van der Waals surface area contributed by atoms with Crippen molar-refractivity contribution in [2.45, 2.75) is 6.42 Å². The highest BCUT2D eigenvalue weighted by molar-refractivity contribution is 6.04. The minimum atomic E-state index is -0.623. The molecule has 0 saturated carbocycles. The molecule has 0 bridgehead atoms. The van der Waals surface area contributed by atoms with Crippen LogP contribution in [0.25, 0.3) is 5.76 Å². The fourth-order valence-electron chi connectivity index (χ4n) is 1.87. The Morgan fingerprint density at radius 1 is 1.29 bits per heavy atom. The van der Waals surface area contributed by atoms with Crippen molar-refractivity contribution < 1.29 is 19.1 Å². The molecule has 0 aromatic heterocycles. The Kier molecular flexibility index (Phi) is 4.37. The molecule has 1 saturated heterocycles. The van der Waals surface area contributed by atoms with Gasteiger partial charge in [0.05, 0.1) is 5.92 Å². The third-order valence-electron chi connectivity index (χ3n) is 2.98. The maximum absolute atomic E-state index is 11.7. The van der Waals surface area contributed by atoms with Gasteiger partial charge in [-0.3, -0.25) is 14.9 Å². The molecule has 1 atom stereocenters. The van der Waals surface area contributed by atoms with Crippen molar-refractivity contribution in [1.29, 1.82) is 0 Å². The van der Waals surface area contributed by atoms with E-state index >= 15 is 0 Å². The maximum Gasteiger partial charge on any atom is 0.414 e. The summed E-state index contributed by atoms with van der Waals surface area (Å²) >= 11 is 0. The van der Waals surface area contributed by atoms with E-state index in [4.69, 9.17) is 4.74 Å². The summed E-state index contributed by atoms with van der Waals surface area (Å²) in [7, 11) is 3.13. The number of benzene rings is 1. The average Bonchev–Trinajstić information content (AvgIpc) is 2.77. The standard InChI is InChI=1S/C15H16N2O4/c1-17(2)15(20)21-12(10-6-4-3-5-7-10)8-11-9-13(18)16-14(11)19/h3-8,11H,9H2,1-2H3,(H,16,18,19)/b12-8-. The smallest absolute Gasteiger partial charge is 0.410 e. The molecule has 1 aromatic rings. The molecule has 1 N–H and O–H groups in total. The van der Waals surface area contributed by atoms with Crippen molar-refractivity contribution in [3.8, 4) is 0 Å². The second-order valence-corrected chi connectivity index (χ2v) is 4.88. The highest BCUT2D eigenvalue weighted by Crippen LogP contribution is 2.22. The molecule has 1 unspecified atom stereocenters. The first-order valence-corrected chi connectivity index (χ1v) is 6.47. The summed E-state index contributed by atoms with van der Waals surface area (Å²) in [6, 6.07) is 8.96. The molecule has 6 heteroatoms. The maximum atomic E-state index is 11.7. The summed E-state index contributed by atoms with van der Waals surface area (Å²) in [5, 5.41) is 2.23. The first-order valence-electron chi connectivity index (χ1n) is 6.47. The van der Waals surface area contributed by atoms with E-state index in [0.29, 0.717) is 5.56 Å². The molecule has 0 aliphatic carbocycles. The van der Waals surface area contributed by atoms with Crippen LogP contribution in [-0.2, 0) is 14.3 Å². The second kappa shape index (κ2) is 6.21. The number of ether oxygens (including phenoxy) is 1. The predicted molar refractivity (Wildman–Crippen MR) is 75.8 cm³/mol. The Labute approximate surface area is 122 Å². The quantitative estimate of drug-likeness (QED) is 0.673. The van der Waals surface area contributed by atoms with Gasteiger partial charge in [0, 0.05) is 26.1 Å². The van der Waals surface area contributed by atoms with Crippen molar-refractivity contribution in [2.75, 3.05) is 14.1 Å². The van der Waals surface area contributed by atoms with E-state index < -0.39 is 12.0 Å². The molecular formula is C15H16N2O4. The van der Waals surface area contributed by atoms with Crippen LogP contribution in [0.3, 0.4) is 0 Å². The zero-order valence-electron chi connectivity index (χ0n) is 11.8. The van der Waals surface area contributed by atoms with Crippen molar-refractivity contribution in [1.82, 2.24) is 10.2 Å². The largest absolute Gasteiger partial charge is 0.414 e. The number of rotatable bonds is 3. The first kappa shape index (κ1) is 14.8. The van der Waals surface area contributed by atoms with Crippen LogP contribution in [0, 0.1) is 5.92 Å². The average molecular weight is 288 g/mol. The number of nitrogens with zero attached hydrogens (tertiary/aromatic N) is 1. The van der Waals surface area contributed by atoms with E-state index in [9.17, 15) is 14.4 Å². The van der Waals surface area contributed by atoms with Crippen molar-refractivity contribution in [3.05, 3.63) is 42.0 Å². The van der Waals surface area contributed by atoms with Gasteiger partial charge >= 0.3 is 6.09 Å². The topological polar surface area (TPSA) is 75.7 Å². The second-order valence-electron chi connectivity index (χ2n) is 4.88. The normalized spacial score (nSPS) is 18.4. The summed E-state index contributed by atoms with van der Waals surface area (Å²) in [5.41, 5.74) is 0.667. The molecule has 0 spiro atoms. The lowest BCUT2D eigenvalue weighted by atomic mass is 10.0. The molecule has 21 heavy (non-hydrogen) atoms. The molecule has 3 amide bonds. The van der Waals surface area contributed by atoms with Gasteiger partial charge in [-0.05, 0) is 6.08 Å². The number of hydrogen-bond acceptors (Lipinski definition) is 4. The van der Waals surface area contributed by atoms with E-state index in [1.165, 1.54) is 11.0 Å². The van der Waals surface area contributed by atoms with Crippen molar-refractivity contribution in [3.63, 3.8) is 0 Å². The number of hydrogen-bond donors (Lipinski definition) is 1. The summed E-state index contributed by atoms with van der Waals surface area (Å²) in [6.07, 6.45) is 1.03. The van der Waals surface area contributed by atoms with Crippen molar-refractivity contribution in [2.24, 2.45) is 5.92 Å². The van der Waals surface area contributed by atoms with E-state index in [0.717, 1.165) is 0 Å². The molecule has 2 rings (SSSR count). The molecule has 1 aromatic carbocycles. The van der Waals surface area contributed by atoms with Gasteiger partial charge in [0.1, 0.15) is 5.76 Å². The number of amides is 3. The fraction of sp³-hybridized carbons (Fsp3) is 0.267. The molecule has 1 aliphatic heterocycles. The first-order chi connectivity index (χ1) is 9.97. The molecular weight excluding hydrogens is 272 g/mol. The van der Waals surface area contributed by atoms with Crippen LogP contribution < -0.4 is 5.32 Å². The van der Waals surface area contributed by atoms with Gasteiger partial charge in [0.15, 0.2) is 0 Å². The molecule has 110 valence electrons. The Morgan fingerprint density at radius 3 is 2.48 bits per heavy atom. The van der Waals surface area contributed by atoms with Gasteiger partial charge in [-0.15, -0.1) is 0 Å². The van der Waals surface area contributed by atoms with Crippen LogP contribution in [0.4, 0.5) is 4.79 Å². The van der Waals surface area contributed by atoms with Crippen LogP contribution in [-0.4, -0.2) is 36.9 Å². The number of imide groups is 1. The van der Waals surface area contributed by atoms with E-state index in [-0.39, 0.29) is 24.0 Å². The number of nitrogens with one attached hydrogen (secondary N) is 1. The third kappa shape index (κ3) is 3.68. The Morgan fingerprint density at radius 2 is 1.95 bits per heavy atom. The molecule has 1 aliphatic rings. The van der Waals surface area contributed by atoms with Crippen LogP contribution in [0.5, 0.6) is 0 Å². The van der Waals surface area contributed by atoms with Gasteiger partial charge in [0.25, 0.3) is 0 Å². The van der Waals surface area contributed by atoms with Crippen molar-refractivity contribution >= 4 is 23.7 Å². The van der Waals surface area contributed by atoms with E-state index in [1.54, 1.807) is 38.4 Å². The molecule has 1 heterocycles. The zero-order valence-corrected chi connectivity index (χ0v) is 11.8. The van der Waals surface area contributed by atoms with Crippen LogP contribution in [0.15, 0.2) is 36.4 Å². The lowest BCUT2D eigenvalue weighted by Gasteiger charge is -2.14. The van der Waals surface area contributed by atoms with Gasteiger partial charge in [-0.2, -0.15) is 0 Å². The highest BCUT2D eigenvalue weighted by atomic mass is 16.6. The lowest BCUT2D eigenvalue weighted by molar-refractivity contribution is -0.125. The Bertz CT molecular complexity index is 593. The summed E-state index contributed by atoms with van der Waals surface area (Å²) in [6.45, 7) is 0. The molecule has 1 fully saturated rings. The minimum absolute atomic E-state index is 0.0642. The number of carbonyl (C=O) groups excluding carboxylic acids is 3. The van der Waals surface area contributed by atoms with E-state index in [1.807, 2.05) is 6.07 Å². The van der Waals surface area contributed by atoms with Gasteiger partial charge in [-0.25, -0.2) is 4.79 Å². The molecule has 6 nitrogen and oxygen atoms in total. The molecule has 0 radical (unpaired) electrons. The van der Waals surface area contributed by atoms with Gasteiger partial charge in [-0.1, -0.05) is 30.3 Å². The SMILES string of the molecule is CN(C)C(=O)O/C(=C\C1CC(=O)NC1=O)c1ccccc1. The highest BCUT2D eigenvalue weighted by Gasteiger charge is 2.30. The van der Waals surface area contributed by atoms with Gasteiger partial charge < -0.3 is 9.64 Å². The number of carbonyl (C=O) groups is 3. The van der Waals surface area contributed by atoms with Crippen LogP contribution >= 0.6 is 0 Å². The van der Waals surface area contributed by atoms with Gasteiger partial charge in [0.2, 0.25) is 11.8 Å². The summed E-state index contributed by atoms with van der Waals surface area (Å²) < 4.78 is 5.30. The zero-order chi connectivity index (χ0) is 15.4. The van der Waals surface area contributed by atoms with E-state index in [2.05, 4.69) is 5.32 Å². The predicted octanol–water partition coefficient (Wildman–Crippen LogP) is 1.39. The van der Waals surface area contributed by atoms with Crippen LogP contribution in [0.2, 0.25) is 0 Å². The summed E-state index contributed by atoms with van der Waals surface area (Å²) in [5.74, 6) is -1.06.